The fraction of sp³-hybridized carbons (Fsp3) is 0.308. The van der Waals surface area contributed by atoms with Crippen LogP contribution in [0.2, 0.25) is 0 Å². The summed E-state index contributed by atoms with van der Waals surface area (Å²) in [6.45, 7) is 9.71. The highest BCUT2D eigenvalue weighted by Gasteiger charge is 2.44. The molecule has 522 valence electrons. The zero-order chi connectivity index (χ0) is 71.7. The number of ether oxygens (including phenoxy) is 3. The van der Waals surface area contributed by atoms with Crippen molar-refractivity contribution in [3.05, 3.63) is 264 Å². The van der Waals surface area contributed by atoms with Crippen molar-refractivity contribution < 1.29 is 93.2 Å². The molecular formula is C78H66F18O3. The zero-order valence-electron chi connectivity index (χ0n) is 54.4. The first-order valence-corrected chi connectivity index (χ1v) is 32.2. The van der Waals surface area contributed by atoms with Crippen LogP contribution < -0.4 is 14.2 Å². The van der Waals surface area contributed by atoms with E-state index in [9.17, 15) is 79.0 Å². The first-order chi connectivity index (χ1) is 46.8. The van der Waals surface area contributed by atoms with E-state index in [4.69, 9.17) is 0 Å². The van der Waals surface area contributed by atoms with Gasteiger partial charge in [-0.3, -0.25) is 0 Å². The summed E-state index contributed by atoms with van der Waals surface area (Å²) in [4.78, 5) is 0. The molecule has 0 aliphatic heterocycles. The second kappa shape index (κ2) is 29.5. The number of fused-ring (bicyclic) bond motifs is 3. The quantitative estimate of drug-likeness (QED) is 0.0802. The van der Waals surface area contributed by atoms with Crippen LogP contribution in [0.15, 0.2) is 127 Å². The number of hydrogen-bond donors (Lipinski definition) is 0. The average molecular weight is 1390 g/mol. The van der Waals surface area contributed by atoms with Crippen molar-refractivity contribution in [2.45, 2.75) is 137 Å². The number of hydrogen-bond acceptors (Lipinski definition) is 3. The third-order valence-corrected chi connectivity index (χ3v) is 18.4. The van der Waals surface area contributed by atoms with Crippen molar-refractivity contribution in [2.24, 2.45) is 17.8 Å². The Morgan fingerprint density at radius 2 is 0.545 bits per heavy atom. The molecule has 3 aliphatic rings. The fourth-order valence-corrected chi connectivity index (χ4v) is 13.0. The lowest BCUT2D eigenvalue weighted by Crippen LogP contribution is -2.25. The number of rotatable bonds is 18. The molecule has 3 unspecified atom stereocenters. The van der Waals surface area contributed by atoms with Gasteiger partial charge < -0.3 is 14.2 Å². The number of halogens is 18. The third kappa shape index (κ3) is 16.2. The van der Waals surface area contributed by atoms with Gasteiger partial charge in [-0.25, -0.2) is 52.7 Å². The molecule has 0 saturated heterocycles. The van der Waals surface area contributed by atoms with E-state index in [2.05, 4.69) is 35.0 Å². The lowest BCUT2D eigenvalue weighted by molar-refractivity contribution is -0.190. The molecule has 3 aliphatic carbocycles. The molecule has 3 atom stereocenters. The Balaban J connectivity index is 0.000000161. The van der Waals surface area contributed by atoms with Gasteiger partial charge in [0.05, 0.1) is 0 Å². The van der Waals surface area contributed by atoms with Crippen LogP contribution in [0.25, 0.3) is 33.4 Å². The summed E-state index contributed by atoms with van der Waals surface area (Å²) in [5, 5.41) is 0. The Bertz CT molecular complexity index is 4370. The van der Waals surface area contributed by atoms with Crippen LogP contribution in [-0.2, 0) is 56.9 Å². The third-order valence-electron chi connectivity index (χ3n) is 18.4. The minimum absolute atomic E-state index is 0.106. The van der Waals surface area contributed by atoms with Crippen LogP contribution in [0.5, 0.6) is 17.2 Å². The predicted molar refractivity (Wildman–Crippen MR) is 340 cm³/mol. The Morgan fingerprint density at radius 1 is 0.293 bits per heavy atom. The molecule has 12 rings (SSSR count). The van der Waals surface area contributed by atoms with Crippen molar-refractivity contribution in [1.29, 1.82) is 0 Å². The van der Waals surface area contributed by atoms with Gasteiger partial charge in [-0.2, -0.15) is 26.3 Å². The second-order valence-electron chi connectivity index (χ2n) is 25.4. The first kappa shape index (κ1) is 72.9. The molecule has 0 fully saturated rings. The van der Waals surface area contributed by atoms with Crippen LogP contribution in [0, 0.1) is 108 Å². The number of benzene rings is 9. The van der Waals surface area contributed by atoms with Gasteiger partial charge in [-0.15, -0.1) is 0 Å². The molecule has 0 saturated carbocycles. The molecule has 0 aromatic heterocycles. The van der Waals surface area contributed by atoms with Crippen LogP contribution in [-0.4, -0.2) is 0 Å². The van der Waals surface area contributed by atoms with E-state index in [1.54, 1.807) is 18.2 Å². The maximum absolute atomic E-state index is 14.7. The van der Waals surface area contributed by atoms with E-state index < -0.39 is 122 Å². The van der Waals surface area contributed by atoms with E-state index >= 15 is 0 Å². The number of alkyl halides is 6. The molecule has 9 aromatic carbocycles. The van der Waals surface area contributed by atoms with E-state index in [1.807, 2.05) is 36.4 Å². The highest BCUT2D eigenvalue weighted by atomic mass is 19.3. The number of unbranched alkanes of at least 4 members (excludes halogenated alkanes) is 1. The van der Waals surface area contributed by atoms with Gasteiger partial charge in [0, 0.05) is 53.1 Å². The molecule has 0 radical (unpaired) electrons. The summed E-state index contributed by atoms with van der Waals surface area (Å²) in [5.41, 5.74) is 2.66. The van der Waals surface area contributed by atoms with Crippen molar-refractivity contribution >= 4 is 0 Å². The molecule has 0 amide bonds. The molecule has 3 nitrogen and oxygen atoms in total. The zero-order valence-corrected chi connectivity index (χ0v) is 54.4. The van der Waals surface area contributed by atoms with Crippen LogP contribution in [0.1, 0.15) is 126 Å². The van der Waals surface area contributed by atoms with Crippen molar-refractivity contribution in [2.75, 3.05) is 0 Å². The van der Waals surface area contributed by atoms with Gasteiger partial charge in [-0.05, 0) is 187 Å². The Hall–Kier alpha value is -8.88. The highest BCUT2D eigenvalue weighted by molar-refractivity contribution is 5.69. The summed E-state index contributed by atoms with van der Waals surface area (Å²) in [6.07, 6.45) is -1.47. The molecule has 0 N–H and O–H groups in total. The van der Waals surface area contributed by atoms with Gasteiger partial charge in [0.2, 0.25) is 0 Å². The largest absolute Gasteiger partial charge is 0.432 e. The van der Waals surface area contributed by atoms with E-state index in [0.29, 0.717) is 70.8 Å². The summed E-state index contributed by atoms with van der Waals surface area (Å²) < 4.78 is 271. The van der Waals surface area contributed by atoms with Crippen LogP contribution >= 0.6 is 0 Å². The standard InChI is InChI=1S/C27H24F6O.C26H22F6O.C25H20F6O/c1-3-4-5-16-8-17-6-7-18(10-19(17)9-16)20-11-24(30)26(25(31)12-20)27(32,33)34-21-13-22(28)15(2)23(29)14-21;1-3-4-15-7-16-5-6-17(9-18(16)8-15)19-10-23(29)25(24(30)11-19)26(31,32)33-20-12-21(27)14(2)22(28)13-20;1-3-14-6-15-4-5-16(8-17(15)7-14)18-9-22(28)24(23(29)10-18)25(30,31)32-19-11-20(26)13(2)21(27)12-19/h6-7,10-14,16H,3-5,8-9H2,1-2H3;5-6,9-13,15H,3-4,7-8H2,1-2H3;4-5,8-12,14H,3,6-7H2,1-2H3. The summed E-state index contributed by atoms with van der Waals surface area (Å²) >= 11 is 0. The van der Waals surface area contributed by atoms with Crippen molar-refractivity contribution in [3.8, 4) is 50.6 Å². The molecule has 0 bridgehead atoms. The summed E-state index contributed by atoms with van der Waals surface area (Å²) in [7, 11) is 0. The minimum Gasteiger partial charge on any atom is -0.429 e. The lowest BCUT2D eigenvalue weighted by Gasteiger charge is -2.20. The van der Waals surface area contributed by atoms with E-state index in [-0.39, 0.29) is 33.4 Å². The molecule has 9 aromatic rings. The van der Waals surface area contributed by atoms with Gasteiger partial charge in [0.25, 0.3) is 0 Å². The Morgan fingerprint density at radius 3 is 0.808 bits per heavy atom. The maximum atomic E-state index is 14.7. The van der Waals surface area contributed by atoms with Crippen LogP contribution in [0.4, 0.5) is 79.0 Å². The molecule has 99 heavy (non-hydrogen) atoms. The van der Waals surface area contributed by atoms with Gasteiger partial charge >= 0.3 is 18.3 Å². The smallest absolute Gasteiger partial charge is 0.429 e. The molecule has 0 heterocycles. The van der Waals surface area contributed by atoms with E-state index in [0.717, 1.165) is 151 Å². The molecule has 0 spiro atoms. The van der Waals surface area contributed by atoms with Crippen molar-refractivity contribution in [3.63, 3.8) is 0 Å². The Labute approximate surface area is 560 Å². The highest BCUT2D eigenvalue weighted by Crippen LogP contribution is 2.44. The normalized spacial score (nSPS) is 15.6. The van der Waals surface area contributed by atoms with Crippen molar-refractivity contribution in [1.82, 2.24) is 0 Å². The fourth-order valence-electron chi connectivity index (χ4n) is 13.0. The first-order valence-electron chi connectivity index (χ1n) is 32.2. The lowest BCUT2D eigenvalue weighted by atomic mass is 9.98. The van der Waals surface area contributed by atoms with E-state index in [1.165, 1.54) is 16.7 Å². The topological polar surface area (TPSA) is 27.7 Å². The Kier molecular flexibility index (Phi) is 21.7. The average Bonchev–Trinajstić information content (AvgIpc) is 1.05. The summed E-state index contributed by atoms with van der Waals surface area (Å²) in [6, 6.07) is 24.4. The molecule has 21 heteroatoms. The monoisotopic (exact) mass is 1390 g/mol. The maximum Gasteiger partial charge on any atom is 0.432 e. The summed E-state index contributed by atoms with van der Waals surface area (Å²) in [5.74, 6) is -16.9. The van der Waals surface area contributed by atoms with Gasteiger partial charge in [0.1, 0.15) is 104 Å². The van der Waals surface area contributed by atoms with Gasteiger partial charge in [0.15, 0.2) is 0 Å². The van der Waals surface area contributed by atoms with Gasteiger partial charge in [-0.1, -0.05) is 107 Å². The second-order valence-corrected chi connectivity index (χ2v) is 25.4. The predicted octanol–water partition coefficient (Wildman–Crippen LogP) is 23.6. The SMILES string of the molecule is CCC1Cc2ccc(-c3cc(F)c(C(F)(F)Oc4cc(F)c(C)c(F)c4)c(F)c3)cc2C1.CCCC1Cc2ccc(-c3cc(F)c(C(F)(F)Oc4cc(F)c(C)c(F)c4)c(F)c3)cc2C1.CCCCC1Cc2ccc(-c3cc(F)c(C(F)(F)Oc4cc(F)c(C)c(F)c4)c(F)c3)cc2C1. The van der Waals surface area contributed by atoms with Crippen LogP contribution in [0.3, 0.4) is 0 Å². The molecular weight excluding hydrogens is 1330 g/mol. The minimum atomic E-state index is -4.49.